The van der Waals surface area contributed by atoms with Crippen LogP contribution in [0.3, 0.4) is 0 Å². The van der Waals surface area contributed by atoms with Gasteiger partial charge in [-0.1, -0.05) is 30.3 Å². The van der Waals surface area contributed by atoms with Crippen molar-refractivity contribution in [3.8, 4) is 11.1 Å². The number of fused-ring (bicyclic) bond motifs is 1. The van der Waals surface area contributed by atoms with Crippen molar-refractivity contribution in [3.63, 3.8) is 0 Å². The third-order valence-corrected chi connectivity index (χ3v) is 5.18. The first-order chi connectivity index (χ1) is 13.7. The average Bonchev–Trinajstić information content (AvgIpc) is 2.77. The minimum Gasteiger partial charge on any atom is -0.343 e. The second-order valence-electron chi connectivity index (χ2n) is 7.12. The molecule has 28 heavy (non-hydrogen) atoms. The number of likely N-dealkylation sites (tertiary alicyclic amines) is 1. The largest absolute Gasteiger partial charge is 0.343 e. The van der Waals surface area contributed by atoms with Gasteiger partial charge in [0.15, 0.2) is 0 Å². The van der Waals surface area contributed by atoms with Gasteiger partial charge in [0, 0.05) is 35.8 Å². The second kappa shape index (κ2) is 8.21. The summed E-state index contributed by atoms with van der Waals surface area (Å²) in [4.78, 5) is 30.9. The molecule has 1 saturated heterocycles. The fourth-order valence-corrected chi connectivity index (χ4v) is 3.56. The van der Waals surface area contributed by atoms with Gasteiger partial charge >= 0.3 is 0 Å². The summed E-state index contributed by atoms with van der Waals surface area (Å²) < 4.78 is 0. The molecule has 2 aromatic carbocycles. The summed E-state index contributed by atoms with van der Waals surface area (Å²) in [5, 5.41) is 3.82. The van der Waals surface area contributed by atoms with E-state index in [1.54, 1.807) is 12.1 Å². The normalized spacial score (nSPS) is 14.1. The fraction of sp³-hybridized carbons (Fsp3) is 0.261. The summed E-state index contributed by atoms with van der Waals surface area (Å²) in [6, 6.07) is 17.5. The number of pyridine rings is 1. The molecule has 1 aromatic heterocycles. The van der Waals surface area contributed by atoms with Crippen molar-refractivity contribution >= 4 is 22.7 Å². The van der Waals surface area contributed by atoms with Gasteiger partial charge in [-0.3, -0.25) is 14.6 Å². The Bertz CT molecular complexity index is 992. The molecular weight excluding hydrogens is 350 g/mol. The highest BCUT2D eigenvalue weighted by molar-refractivity contribution is 5.97. The Morgan fingerprint density at radius 3 is 2.46 bits per heavy atom. The monoisotopic (exact) mass is 373 g/mol. The number of hydrogen-bond acceptors (Lipinski definition) is 3. The first-order valence-corrected chi connectivity index (χ1v) is 9.72. The van der Waals surface area contributed by atoms with Gasteiger partial charge in [0.1, 0.15) is 0 Å². The summed E-state index contributed by atoms with van der Waals surface area (Å²) in [6.45, 7) is 1.64. The van der Waals surface area contributed by atoms with E-state index in [9.17, 15) is 9.59 Å². The van der Waals surface area contributed by atoms with E-state index in [4.69, 9.17) is 0 Å². The molecular formula is C23H23N3O2. The van der Waals surface area contributed by atoms with Crippen LogP contribution in [-0.4, -0.2) is 41.3 Å². The molecule has 1 fully saturated rings. The quantitative estimate of drug-likeness (QED) is 0.759. The highest BCUT2D eigenvalue weighted by atomic mass is 16.2. The summed E-state index contributed by atoms with van der Waals surface area (Å²) in [5.41, 5.74) is 3.51. The third kappa shape index (κ3) is 4.03. The van der Waals surface area contributed by atoms with Gasteiger partial charge in [0.2, 0.25) is 5.91 Å². The standard InChI is InChI=1S/C23H23N3O2/c27-22(26-12-4-1-5-13-26)16-25-23(28)18-10-8-17(9-11-18)20-14-19-6-2-3-7-21(19)24-15-20/h2-3,6-11,14-15H,1,4-5,12-13,16H2,(H,25,28). The van der Waals surface area contributed by atoms with Crippen molar-refractivity contribution in [1.29, 1.82) is 0 Å². The van der Waals surface area contributed by atoms with E-state index in [0.717, 1.165) is 48.0 Å². The molecule has 2 amide bonds. The average molecular weight is 373 g/mol. The summed E-state index contributed by atoms with van der Waals surface area (Å²) in [7, 11) is 0. The number of aromatic nitrogens is 1. The summed E-state index contributed by atoms with van der Waals surface area (Å²) >= 11 is 0. The highest BCUT2D eigenvalue weighted by Crippen LogP contribution is 2.23. The molecule has 0 atom stereocenters. The van der Waals surface area contributed by atoms with Gasteiger partial charge < -0.3 is 10.2 Å². The van der Waals surface area contributed by atoms with Crippen LogP contribution in [0.15, 0.2) is 60.8 Å². The fourth-order valence-electron chi connectivity index (χ4n) is 3.56. The number of nitrogens with zero attached hydrogens (tertiary/aromatic N) is 2. The molecule has 0 aliphatic carbocycles. The predicted octanol–water partition coefficient (Wildman–Crippen LogP) is 3.64. The molecule has 2 heterocycles. The zero-order valence-electron chi connectivity index (χ0n) is 15.7. The number of carbonyl (C=O) groups is 2. The number of hydrogen-bond donors (Lipinski definition) is 1. The molecule has 1 N–H and O–H groups in total. The molecule has 142 valence electrons. The first kappa shape index (κ1) is 18.2. The SMILES string of the molecule is O=C(NCC(=O)N1CCCCC1)c1ccc(-c2cnc3ccccc3c2)cc1. The van der Waals surface area contributed by atoms with Crippen LogP contribution in [0.1, 0.15) is 29.6 Å². The minimum absolute atomic E-state index is 0.00749. The van der Waals surface area contributed by atoms with Gasteiger partial charge in [-0.15, -0.1) is 0 Å². The molecule has 0 radical (unpaired) electrons. The van der Waals surface area contributed by atoms with E-state index in [0.29, 0.717) is 5.56 Å². The number of carbonyl (C=O) groups excluding carboxylic acids is 2. The topological polar surface area (TPSA) is 62.3 Å². The number of benzene rings is 2. The van der Waals surface area contributed by atoms with Crippen LogP contribution < -0.4 is 5.32 Å². The Labute approximate surface area is 164 Å². The lowest BCUT2D eigenvalue weighted by Gasteiger charge is -2.26. The molecule has 0 unspecified atom stereocenters. The lowest BCUT2D eigenvalue weighted by molar-refractivity contribution is -0.130. The van der Waals surface area contributed by atoms with E-state index in [-0.39, 0.29) is 18.4 Å². The minimum atomic E-state index is -0.228. The van der Waals surface area contributed by atoms with Crippen molar-refractivity contribution in [2.45, 2.75) is 19.3 Å². The van der Waals surface area contributed by atoms with E-state index in [1.165, 1.54) is 6.42 Å². The predicted molar refractivity (Wildman–Crippen MR) is 110 cm³/mol. The molecule has 0 spiro atoms. The van der Waals surface area contributed by atoms with Crippen LogP contribution in [0.2, 0.25) is 0 Å². The van der Waals surface area contributed by atoms with Crippen LogP contribution in [0.4, 0.5) is 0 Å². The molecule has 4 rings (SSSR count). The van der Waals surface area contributed by atoms with Crippen molar-refractivity contribution in [3.05, 3.63) is 66.4 Å². The van der Waals surface area contributed by atoms with Crippen LogP contribution in [0.5, 0.6) is 0 Å². The maximum absolute atomic E-state index is 12.4. The maximum Gasteiger partial charge on any atom is 0.251 e. The Morgan fingerprint density at radius 1 is 0.929 bits per heavy atom. The van der Waals surface area contributed by atoms with Gasteiger partial charge in [0.05, 0.1) is 12.1 Å². The third-order valence-electron chi connectivity index (χ3n) is 5.18. The maximum atomic E-state index is 12.4. The molecule has 5 heteroatoms. The number of rotatable bonds is 4. The van der Waals surface area contributed by atoms with E-state index < -0.39 is 0 Å². The zero-order chi connectivity index (χ0) is 19.3. The van der Waals surface area contributed by atoms with E-state index in [1.807, 2.05) is 47.5 Å². The number of piperidine rings is 1. The molecule has 1 aliphatic rings. The zero-order valence-corrected chi connectivity index (χ0v) is 15.7. The second-order valence-corrected chi connectivity index (χ2v) is 7.12. The Morgan fingerprint density at radius 2 is 1.68 bits per heavy atom. The van der Waals surface area contributed by atoms with Gasteiger partial charge in [-0.2, -0.15) is 0 Å². The number of para-hydroxylation sites is 1. The highest BCUT2D eigenvalue weighted by Gasteiger charge is 2.17. The van der Waals surface area contributed by atoms with Gasteiger partial charge in [0.25, 0.3) is 5.91 Å². The van der Waals surface area contributed by atoms with Gasteiger partial charge in [-0.05, 0) is 49.1 Å². The molecule has 0 saturated carbocycles. The molecule has 1 aliphatic heterocycles. The summed E-state index contributed by atoms with van der Waals surface area (Å²) in [5.74, 6) is -0.236. The van der Waals surface area contributed by atoms with Crippen molar-refractivity contribution < 1.29 is 9.59 Å². The van der Waals surface area contributed by atoms with Crippen LogP contribution >= 0.6 is 0 Å². The first-order valence-electron chi connectivity index (χ1n) is 9.72. The Kier molecular flexibility index (Phi) is 5.33. The van der Waals surface area contributed by atoms with Crippen LogP contribution in [0.25, 0.3) is 22.0 Å². The smallest absolute Gasteiger partial charge is 0.251 e. The van der Waals surface area contributed by atoms with E-state index in [2.05, 4.69) is 16.4 Å². The van der Waals surface area contributed by atoms with Crippen LogP contribution in [0, 0.1) is 0 Å². The van der Waals surface area contributed by atoms with Crippen LogP contribution in [-0.2, 0) is 4.79 Å². The molecule has 5 nitrogen and oxygen atoms in total. The van der Waals surface area contributed by atoms with Gasteiger partial charge in [-0.25, -0.2) is 0 Å². The van der Waals surface area contributed by atoms with Crippen molar-refractivity contribution in [2.75, 3.05) is 19.6 Å². The summed E-state index contributed by atoms with van der Waals surface area (Å²) in [6.07, 6.45) is 5.11. The number of nitrogens with one attached hydrogen (secondary N) is 1. The Hall–Kier alpha value is -3.21. The molecule has 3 aromatic rings. The lowest BCUT2D eigenvalue weighted by atomic mass is 10.0. The number of amides is 2. The Balaban J connectivity index is 1.40. The lowest BCUT2D eigenvalue weighted by Crippen LogP contribution is -2.42. The van der Waals surface area contributed by atoms with Crippen molar-refractivity contribution in [1.82, 2.24) is 15.2 Å². The molecule has 0 bridgehead atoms. The van der Waals surface area contributed by atoms with Crippen molar-refractivity contribution in [2.24, 2.45) is 0 Å². The van der Waals surface area contributed by atoms with E-state index >= 15 is 0 Å².